The summed E-state index contributed by atoms with van der Waals surface area (Å²) in [7, 11) is 0. The molecule has 0 aromatic heterocycles. The number of likely N-dealkylation sites (tertiary alicyclic amines) is 2. The number of β-lactam (4-membered cyclic amide) rings is 1. The molecule has 2 saturated heterocycles. The molecule has 5 atom stereocenters. The lowest BCUT2D eigenvalue weighted by atomic mass is 9.92. The van der Waals surface area contributed by atoms with E-state index in [1.54, 1.807) is 6.92 Å². The Morgan fingerprint density at radius 3 is 2.58 bits per heavy atom. The van der Waals surface area contributed by atoms with Gasteiger partial charge in [-0.15, -0.1) is 0 Å². The van der Waals surface area contributed by atoms with Crippen molar-refractivity contribution in [1.82, 2.24) is 15.2 Å². The number of hydrazone groups is 1. The van der Waals surface area contributed by atoms with Crippen molar-refractivity contribution in [1.29, 1.82) is 0 Å². The number of amides is 3. The number of rotatable bonds is 8. The molecule has 2 unspecified atom stereocenters. The number of carbonyl (C=O) groups is 4. The van der Waals surface area contributed by atoms with E-state index in [-0.39, 0.29) is 36.5 Å². The molecule has 3 rings (SSSR count). The fourth-order valence-electron chi connectivity index (χ4n) is 4.20. The van der Waals surface area contributed by atoms with Crippen LogP contribution in [0.4, 0.5) is 0 Å². The van der Waals surface area contributed by atoms with Gasteiger partial charge in [0.15, 0.2) is 17.5 Å². The van der Waals surface area contributed by atoms with E-state index in [0.29, 0.717) is 0 Å². The van der Waals surface area contributed by atoms with Crippen LogP contribution >= 0.6 is 11.6 Å². The number of phenols is 2. The molecule has 13 nitrogen and oxygen atoms in total. The Morgan fingerprint density at radius 1 is 1.36 bits per heavy atom. The van der Waals surface area contributed by atoms with Crippen molar-refractivity contribution in [3.63, 3.8) is 0 Å². The maximum absolute atomic E-state index is 12.7. The Kier molecular flexibility index (Phi) is 7.91. The van der Waals surface area contributed by atoms with E-state index in [0.717, 1.165) is 24.1 Å². The molecule has 0 saturated carbocycles. The largest absolute Gasteiger partial charge is 0.772 e. The topological polar surface area (TPSA) is 200 Å². The molecule has 0 bridgehead atoms. The second-order valence-corrected chi connectivity index (χ2v) is 10.5. The quantitative estimate of drug-likeness (QED) is 0.115. The highest BCUT2D eigenvalue weighted by molar-refractivity contribution is 7.81. The Morgan fingerprint density at radius 2 is 2.03 bits per heavy atom. The highest BCUT2D eigenvalue weighted by Gasteiger charge is 2.51. The van der Waals surface area contributed by atoms with E-state index in [9.17, 15) is 43.3 Å². The van der Waals surface area contributed by atoms with Crippen LogP contribution in [0.2, 0.25) is 5.02 Å². The molecule has 1 aromatic rings. The minimum absolute atomic E-state index is 0.0273. The lowest BCUT2D eigenvalue weighted by Gasteiger charge is -2.48. The van der Waals surface area contributed by atoms with E-state index in [1.165, 1.54) is 11.0 Å². The summed E-state index contributed by atoms with van der Waals surface area (Å²) in [5, 5.41) is 32.2. The smallest absolute Gasteiger partial charge is 0.328 e. The summed E-state index contributed by atoms with van der Waals surface area (Å²) in [6.45, 7) is 2.82. The number of phenolic OH excluding ortho intramolecular Hbond substituents is 2. The summed E-state index contributed by atoms with van der Waals surface area (Å²) < 4.78 is 21.8. The fourth-order valence-corrected chi connectivity index (χ4v) is 4.97. The molecule has 3 amide bonds. The number of hydrogen-bond donors (Lipinski definition) is 4. The Hall–Kier alpha value is -3.23. The number of nitrogens with zero attached hydrogens (tertiary/aromatic N) is 3. The Labute approximate surface area is 213 Å². The monoisotopic (exact) mass is 543 g/mol. The van der Waals surface area contributed by atoms with Gasteiger partial charge >= 0.3 is 5.97 Å². The minimum atomic E-state index is -3.02. The molecule has 2 aliphatic rings. The lowest BCUT2D eigenvalue weighted by Crippen LogP contribution is -2.67. The van der Waals surface area contributed by atoms with Crippen LogP contribution in [-0.4, -0.2) is 93.7 Å². The maximum atomic E-state index is 12.7. The second kappa shape index (κ2) is 10.4. The van der Waals surface area contributed by atoms with Crippen LogP contribution in [0.1, 0.15) is 37.0 Å². The zero-order valence-corrected chi connectivity index (χ0v) is 20.8. The van der Waals surface area contributed by atoms with Crippen LogP contribution in [0, 0.1) is 5.92 Å². The highest BCUT2D eigenvalue weighted by Crippen LogP contribution is 2.36. The molecule has 2 fully saturated rings. The van der Waals surface area contributed by atoms with Gasteiger partial charge in [0.1, 0.15) is 0 Å². The van der Waals surface area contributed by atoms with Gasteiger partial charge in [0.25, 0.3) is 5.91 Å². The zero-order valence-electron chi connectivity index (χ0n) is 19.2. The van der Waals surface area contributed by atoms with Crippen LogP contribution in [0.15, 0.2) is 17.2 Å². The molecule has 0 aliphatic carbocycles. The molecular weight excluding hydrogens is 520 g/mol. The average Bonchev–Trinajstić information content (AvgIpc) is 3.30. The normalized spacial score (nSPS) is 23.2. The predicted molar refractivity (Wildman–Crippen MR) is 125 cm³/mol. The maximum Gasteiger partial charge on any atom is 0.328 e. The number of benzene rings is 1. The predicted octanol–water partition coefficient (Wildman–Crippen LogP) is 0.0271. The van der Waals surface area contributed by atoms with Crippen molar-refractivity contribution in [3.05, 3.63) is 22.7 Å². The first-order valence-corrected chi connectivity index (χ1v) is 12.2. The fraction of sp³-hybridized carbons (Fsp3) is 0.476. The van der Waals surface area contributed by atoms with E-state index in [1.807, 2.05) is 0 Å². The van der Waals surface area contributed by atoms with Crippen LogP contribution in [0.3, 0.4) is 0 Å². The highest BCUT2D eigenvalue weighted by atomic mass is 35.5. The molecule has 4 N–H and O–H groups in total. The van der Waals surface area contributed by atoms with Gasteiger partial charge in [-0.2, -0.15) is 5.10 Å². The number of carboxylic acid groups (broad SMARTS) is 1. The molecule has 2 heterocycles. The minimum Gasteiger partial charge on any atom is -0.772 e. The Balaban J connectivity index is 1.68. The molecule has 0 spiro atoms. The van der Waals surface area contributed by atoms with Crippen LogP contribution in [0.25, 0.3) is 0 Å². The van der Waals surface area contributed by atoms with Crippen LogP contribution < -0.4 is 5.43 Å². The second-order valence-electron chi connectivity index (χ2n) is 8.78. The summed E-state index contributed by atoms with van der Waals surface area (Å²) in [4.78, 5) is 51.4. The number of halogens is 1. The van der Waals surface area contributed by atoms with Crippen molar-refractivity contribution in [2.75, 3.05) is 13.1 Å². The van der Waals surface area contributed by atoms with E-state index >= 15 is 0 Å². The van der Waals surface area contributed by atoms with Gasteiger partial charge in [0.05, 0.1) is 21.3 Å². The Bertz CT molecular complexity index is 1160. The summed E-state index contributed by atoms with van der Waals surface area (Å²) in [5.41, 5.74) is 2.12. The van der Waals surface area contributed by atoms with Gasteiger partial charge in [0.2, 0.25) is 11.8 Å². The number of carbonyl (C=O) groups excluding carboxylic acids is 3. The van der Waals surface area contributed by atoms with Gasteiger partial charge in [-0.1, -0.05) is 11.6 Å². The molecular formula is C21H24ClN4O9S-. The number of carboxylic acids is 1. The first-order valence-electron chi connectivity index (χ1n) is 10.8. The summed E-state index contributed by atoms with van der Waals surface area (Å²) >= 11 is 2.91. The first-order chi connectivity index (χ1) is 16.8. The van der Waals surface area contributed by atoms with Crippen molar-refractivity contribution >= 4 is 52.6 Å². The van der Waals surface area contributed by atoms with Gasteiger partial charge in [0, 0.05) is 31.8 Å². The van der Waals surface area contributed by atoms with E-state index < -0.39 is 69.0 Å². The number of aliphatic carboxylic acids is 1. The average molecular weight is 544 g/mol. The van der Waals surface area contributed by atoms with Gasteiger partial charge in [-0.25, -0.2) is 10.2 Å². The lowest BCUT2D eigenvalue weighted by molar-refractivity contribution is -0.161. The third-order valence-electron chi connectivity index (χ3n) is 6.31. The van der Waals surface area contributed by atoms with E-state index in [4.69, 9.17) is 11.6 Å². The number of nitrogens with one attached hydrogen (secondary N) is 1. The summed E-state index contributed by atoms with van der Waals surface area (Å²) in [6, 6.07) is 0.123. The SMILES string of the molecule is C[C@@H]1CC(=O)N1[C@@H](C(=O)O)[C@](C)(/C=N/NC(=O)C1CCN(C(=O)c2ccc(O)c(O)c2Cl)C1)S(=O)[O-]. The molecule has 1 aromatic carbocycles. The van der Waals surface area contributed by atoms with E-state index in [2.05, 4.69) is 10.5 Å². The zero-order chi connectivity index (χ0) is 26.9. The standard InChI is InChI=1S/C21H25ClN4O9S/c1-10-7-14(28)26(10)17(20(32)33)21(2,36(34)35)9-23-24-18(30)11-5-6-25(8-11)19(31)12-3-4-13(27)16(29)15(12)22/h3-4,9-11,17,27,29H,5-8H2,1-2H3,(H,24,30)(H,32,33)(H,34,35)/p-1/b23-9+/t10-,11?,17+,21+/m1/s1. The first kappa shape index (κ1) is 27.4. The van der Waals surface area contributed by atoms with Gasteiger partial charge in [-0.05, 0) is 43.5 Å². The van der Waals surface area contributed by atoms with Crippen molar-refractivity contribution in [2.24, 2.45) is 11.0 Å². The van der Waals surface area contributed by atoms with Crippen LogP contribution in [-0.2, 0) is 25.5 Å². The molecule has 196 valence electrons. The molecule has 15 heteroatoms. The third-order valence-corrected chi connectivity index (χ3v) is 7.74. The van der Waals surface area contributed by atoms with Crippen molar-refractivity contribution < 1.29 is 43.3 Å². The number of hydrogen-bond acceptors (Lipinski definition) is 9. The molecule has 0 radical (unpaired) electrons. The number of aromatic hydroxyl groups is 2. The third kappa shape index (κ3) is 5.01. The van der Waals surface area contributed by atoms with Crippen molar-refractivity contribution in [2.45, 2.75) is 43.5 Å². The summed E-state index contributed by atoms with van der Waals surface area (Å²) in [5.74, 6) is -5.10. The van der Waals surface area contributed by atoms with Crippen LogP contribution in [0.5, 0.6) is 11.5 Å². The van der Waals surface area contributed by atoms with Crippen molar-refractivity contribution in [3.8, 4) is 11.5 Å². The summed E-state index contributed by atoms with van der Waals surface area (Å²) in [6.07, 6.45) is 1.10. The van der Waals surface area contributed by atoms with Gasteiger partial charge < -0.3 is 29.7 Å². The van der Waals surface area contributed by atoms with Gasteiger partial charge in [-0.3, -0.25) is 18.6 Å². The molecule has 36 heavy (non-hydrogen) atoms. The molecule has 2 aliphatic heterocycles.